The normalized spacial score (nSPS) is 43.2. The average molecular weight is 278 g/mol. The zero-order valence-corrected chi connectivity index (χ0v) is 11.8. The van der Waals surface area contributed by atoms with Gasteiger partial charge in [-0.3, -0.25) is 4.79 Å². The lowest BCUT2D eigenvalue weighted by molar-refractivity contribution is -0.158. The number of carbonyl (C=O) groups excluding carboxylic acids is 1. The van der Waals surface area contributed by atoms with E-state index in [0.717, 1.165) is 51.6 Å². The number of carboxylic acids is 1. The average Bonchev–Trinajstić information content (AvgIpc) is 2.64. The third kappa shape index (κ3) is 1.68. The number of amides is 2. The van der Waals surface area contributed by atoms with Crippen molar-refractivity contribution in [3.05, 3.63) is 0 Å². The van der Waals surface area contributed by atoms with Crippen LogP contribution in [-0.2, 0) is 4.79 Å². The Labute approximate surface area is 118 Å². The van der Waals surface area contributed by atoms with Crippen molar-refractivity contribution in [2.75, 3.05) is 13.1 Å². The number of aliphatic carboxylic acids is 1. The zero-order chi connectivity index (χ0) is 13.9. The van der Waals surface area contributed by atoms with Crippen molar-refractivity contribution in [2.24, 2.45) is 11.3 Å². The summed E-state index contributed by atoms with van der Waals surface area (Å²) in [6, 6.07) is 1.06. The predicted octanol–water partition coefficient (Wildman–Crippen LogP) is 1.92. The second-order valence-electron chi connectivity index (χ2n) is 7.28. The van der Waals surface area contributed by atoms with Crippen molar-refractivity contribution >= 4 is 12.0 Å². The molecule has 5 nitrogen and oxygen atoms in total. The molecule has 110 valence electrons. The summed E-state index contributed by atoms with van der Waals surface area (Å²) in [7, 11) is 0. The number of nitrogens with zero attached hydrogens (tertiary/aromatic N) is 2. The van der Waals surface area contributed by atoms with Crippen molar-refractivity contribution in [3.63, 3.8) is 0 Å². The van der Waals surface area contributed by atoms with Crippen LogP contribution in [0.2, 0.25) is 0 Å². The van der Waals surface area contributed by atoms with E-state index in [-0.39, 0.29) is 17.4 Å². The Balaban J connectivity index is 1.35. The Bertz CT molecular complexity index is 450. The molecule has 0 aromatic carbocycles. The van der Waals surface area contributed by atoms with Gasteiger partial charge in [-0.1, -0.05) is 0 Å². The smallest absolute Gasteiger partial charge is 0.320 e. The number of urea groups is 1. The van der Waals surface area contributed by atoms with E-state index in [9.17, 15) is 9.59 Å². The van der Waals surface area contributed by atoms with Gasteiger partial charge in [-0.25, -0.2) is 4.79 Å². The first-order valence-electron chi connectivity index (χ1n) is 7.88. The lowest BCUT2D eigenvalue weighted by Gasteiger charge is -2.58. The molecular weight excluding hydrogens is 256 g/mol. The van der Waals surface area contributed by atoms with Crippen LogP contribution in [0.3, 0.4) is 0 Å². The van der Waals surface area contributed by atoms with Gasteiger partial charge in [0, 0.05) is 19.1 Å². The van der Waals surface area contributed by atoms with Crippen LogP contribution in [0.15, 0.2) is 0 Å². The Morgan fingerprint density at radius 3 is 2.50 bits per heavy atom. The summed E-state index contributed by atoms with van der Waals surface area (Å²) >= 11 is 0. The summed E-state index contributed by atoms with van der Waals surface area (Å²) in [5.74, 6) is -0.773. The maximum Gasteiger partial charge on any atom is 0.320 e. The third-order valence-corrected chi connectivity index (χ3v) is 6.01. The van der Waals surface area contributed by atoms with E-state index in [1.54, 1.807) is 0 Å². The number of fused-ring (bicyclic) bond motifs is 1. The second-order valence-corrected chi connectivity index (χ2v) is 7.28. The fourth-order valence-corrected chi connectivity index (χ4v) is 4.87. The van der Waals surface area contributed by atoms with E-state index < -0.39 is 5.97 Å². The molecule has 2 saturated carbocycles. The van der Waals surface area contributed by atoms with Crippen molar-refractivity contribution in [1.29, 1.82) is 0 Å². The van der Waals surface area contributed by atoms with E-state index >= 15 is 0 Å². The molecule has 2 amide bonds. The van der Waals surface area contributed by atoms with Gasteiger partial charge in [-0.05, 0) is 50.4 Å². The molecule has 5 heteroatoms. The molecule has 0 bridgehead atoms. The topological polar surface area (TPSA) is 60.9 Å². The highest BCUT2D eigenvalue weighted by Crippen LogP contribution is 2.60. The minimum atomic E-state index is -0.645. The van der Waals surface area contributed by atoms with Gasteiger partial charge in [0.25, 0.3) is 0 Å². The number of hydrogen-bond acceptors (Lipinski definition) is 2. The first kappa shape index (κ1) is 12.5. The summed E-state index contributed by atoms with van der Waals surface area (Å²) in [6.07, 6.45) is 7.26. The Morgan fingerprint density at radius 2 is 1.85 bits per heavy atom. The van der Waals surface area contributed by atoms with Crippen molar-refractivity contribution in [1.82, 2.24) is 9.80 Å². The van der Waals surface area contributed by atoms with Crippen molar-refractivity contribution in [2.45, 2.75) is 57.0 Å². The van der Waals surface area contributed by atoms with E-state index in [0.29, 0.717) is 12.1 Å². The van der Waals surface area contributed by atoms with Crippen LogP contribution in [0.5, 0.6) is 0 Å². The standard InChI is InChI=1S/C15H22N2O3/c18-13(19)10-5-15(6-10)7-12(8-15)17-9-11-3-1-2-4-16(11)14(17)20/h10-12H,1-9H2,(H,18,19)/t10?,11-,12?,15?/m0/s1. The van der Waals surface area contributed by atoms with Crippen LogP contribution in [0.25, 0.3) is 0 Å². The van der Waals surface area contributed by atoms with E-state index in [4.69, 9.17) is 5.11 Å². The number of hydrogen-bond donors (Lipinski definition) is 1. The molecule has 1 atom stereocenters. The van der Waals surface area contributed by atoms with E-state index in [1.807, 2.05) is 0 Å². The van der Waals surface area contributed by atoms with Gasteiger partial charge in [-0.2, -0.15) is 0 Å². The zero-order valence-electron chi connectivity index (χ0n) is 11.8. The molecule has 2 aliphatic carbocycles. The molecule has 4 aliphatic rings. The fraction of sp³-hybridized carbons (Fsp3) is 0.867. The van der Waals surface area contributed by atoms with Gasteiger partial charge >= 0.3 is 12.0 Å². The van der Waals surface area contributed by atoms with Crippen LogP contribution < -0.4 is 0 Å². The van der Waals surface area contributed by atoms with Gasteiger partial charge in [0.15, 0.2) is 0 Å². The Hall–Kier alpha value is -1.26. The molecule has 1 spiro atoms. The molecule has 4 rings (SSSR count). The van der Waals surface area contributed by atoms with Gasteiger partial charge in [-0.15, -0.1) is 0 Å². The van der Waals surface area contributed by atoms with Crippen LogP contribution >= 0.6 is 0 Å². The third-order valence-electron chi connectivity index (χ3n) is 6.01. The summed E-state index contributed by atoms with van der Waals surface area (Å²) < 4.78 is 0. The van der Waals surface area contributed by atoms with Crippen LogP contribution in [-0.4, -0.2) is 52.1 Å². The Kier molecular flexibility index (Phi) is 2.57. The van der Waals surface area contributed by atoms with Gasteiger partial charge in [0.05, 0.1) is 12.0 Å². The van der Waals surface area contributed by atoms with Crippen LogP contribution in [0, 0.1) is 11.3 Å². The number of piperidine rings is 1. The summed E-state index contributed by atoms with van der Waals surface area (Å²) in [6.45, 7) is 1.83. The molecule has 4 fully saturated rings. The predicted molar refractivity (Wildman–Crippen MR) is 72.3 cm³/mol. The molecule has 0 unspecified atom stereocenters. The largest absolute Gasteiger partial charge is 0.481 e. The van der Waals surface area contributed by atoms with Gasteiger partial charge < -0.3 is 14.9 Å². The summed E-state index contributed by atoms with van der Waals surface area (Å²) in [5.41, 5.74) is 0.261. The first-order chi connectivity index (χ1) is 9.58. The van der Waals surface area contributed by atoms with Crippen LogP contribution in [0.4, 0.5) is 4.79 Å². The molecule has 2 aliphatic heterocycles. The van der Waals surface area contributed by atoms with Crippen molar-refractivity contribution in [3.8, 4) is 0 Å². The molecular formula is C15H22N2O3. The quantitative estimate of drug-likeness (QED) is 0.839. The minimum Gasteiger partial charge on any atom is -0.481 e. The second kappa shape index (κ2) is 4.12. The molecule has 2 heterocycles. The van der Waals surface area contributed by atoms with Gasteiger partial charge in [0.1, 0.15) is 0 Å². The van der Waals surface area contributed by atoms with Gasteiger partial charge in [0.2, 0.25) is 0 Å². The lowest BCUT2D eigenvalue weighted by Crippen LogP contribution is -2.58. The summed E-state index contributed by atoms with van der Waals surface area (Å²) in [4.78, 5) is 27.5. The number of carboxylic acid groups (broad SMARTS) is 1. The molecule has 20 heavy (non-hydrogen) atoms. The van der Waals surface area contributed by atoms with Crippen molar-refractivity contribution < 1.29 is 14.7 Å². The SMILES string of the molecule is O=C(O)C1CC2(C1)CC(N1C[C@@H]3CCCCN3C1=O)C2. The van der Waals surface area contributed by atoms with E-state index in [2.05, 4.69) is 9.80 Å². The molecule has 1 N–H and O–H groups in total. The number of rotatable bonds is 2. The maximum atomic E-state index is 12.4. The minimum absolute atomic E-state index is 0.128. The summed E-state index contributed by atoms with van der Waals surface area (Å²) in [5, 5.41) is 8.97. The van der Waals surface area contributed by atoms with Crippen LogP contribution in [0.1, 0.15) is 44.9 Å². The molecule has 0 aromatic rings. The molecule has 2 saturated heterocycles. The highest BCUT2D eigenvalue weighted by Gasteiger charge is 2.58. The first-order valence-corrected chi connectivity index (χ1v) is 7.88. The molecule has 0 aromatic heterocycles. The Morgan fingerprint density at radius 1 is 1.10 bits per heavy atom. The lowest BCUT2D eigenvalue weighted by atomic mass is 9.50. The fourth-order valence-electron chi connectivity index (χ4n) is 4.87. The number of carbonyl (C=O) groups is 2. The highest BCUT2D eigenvalue weighted by atomic mass is 16.4. The van der Waals surface area contributed by atoms with E-state index in [1.165, 1.54) is 6.42 Å². The highest BCUT2D eigenvalue weighted by molar-refractivity contribution is 5.78. The molecule has 0 radical (unpaired) electrons. The monoisotopic (exact) mass is 278 g/mol. The maximum absolute atomic E-state index is 12.4.